The van der Waals surface area contributed by atoms with Crippen molar-refractivity contribution in [2.75, 3.05) is 18.6 Å². The van der Waals surface area contributed by atoms with Crippen LogP contribution in [0.25, 0.3) is 0 Å². The van der Waals surface area contributed by atoms with Crippen LogP contribution in [0.3, 0.4) is 0 Å². The Labute approximate surface area is 163 Å². The van der Waals surface area contributed by atoms with Gasteiger partial charge in [-0.25, -0.2) is 4.79 Å². The maximum Gasteiger partial charge on any atom is 0.326 e. The van der Waals surface area contributed by atoms with Crippen LogP contribution in [0.5, 0.6) is 0 Å². The normalized spacial score (nSPS) is 15.4. The number of aliphatic carboxylic acids is 1. The van der Waals surface area contributed by atoms with E-state index in [4.69, 9.17) is 10.8 Å². The Morgan fingerprint density at radius 1 is 1.07 bits per heavy atom. The molecule has 10 nitrogen and oxygen atoms in total. The van der Waals surface area contributed by atoms with Gasteiger partial charge in [0.2, 0.25) is 17.7 Å². The van der Waals surface area contributed by atoms with Crippen molar-refractivity contribution in [1.82, 2.24) is 16.0 Å². The molecule has 156 valence electrons. The van der Waals surface area contributed by atoms with Gasteiger partial charge in [0.05, 0.1) is 18.7 Å². The molecular formula is C16H30N4O6S. The third-order valence-electron chi connectivity index (χ3n) is 3.75. The van der Waals surface area contributed by atoms with Crippen LogP contribution in [0.4, 0.5) is 0 Å². The van der Waals surface area contributed by atoms with Gasteiger partial charge in [-0.3, -0.25) is 14.4 Å². The van der Waals surface area contributed by atoms with E-state index in [1.54, 1.807) is 13.8 Å². The summed E-state index contributed by atoms with van der Waals surface area (Å²) >= 11 is 1.45. The van der Waals surface area contributed by atoms with Gasteiger partial charge < -0.3 is 31.9 Å². The molecule has 7 N–H and O–H groups in total. The molecule has 0 fully saturated rings. The first-order chi connectivity index (χ1) is 12.5. The number of hydrogen-bond donors (Lipinski definition) is 6. The largest absolute Gasteiger partial charge is 0.480 e. The summed E-state index contributed by atoms with van der Waals surface area (Å²) in [5.41, 5.74) is 5.71. The third kappa shape index (κ3) is 9.59. The molecule has 0 saturated carbocycles. The molecule has 3 amide bonds. The van der Waals surface area contributed by atoms with E-state index in [0.29, 0.717) is 5.75 Å². The molecule has 0 aliphatic heterocycles. The van der Waals surface area contributed by atoms with Gasteiger partial charge in [-0.15, -0.1) is 0 Å². The second-order valence-corrected chi connectivity index (χ2v) is 7.44. The fourth-order valence-electron chi connectivity index (χ4n) is 1.97. The van der Waals surface area contributed by atoms with E-state index >= 15 is 0 Å². The SMILES string of the molecule is CSCCC(NC(=O)CNC(=O)C(NC(=O)C(N)C(C)C)C(C)O)C(=O)O. The Bertz CT molecular complexity index is 529. The summed E-state index contributed by atoms with van der Waals surface area (Å²) < 4.78 is 0. The molecule has 0 aromatic carbocycles. The minimum atomic E-state index is -1.29. The predicted molar refractivity (Wildman–Crippen MR) is 102 cm³/mol. The molecule has 0 rings (SSSR count). The summed E-state index contributed by atoms with van der Waals surface area (Å²) in [6.45, 7) is 4.30. The Balaban J connectivity index is 4.70. The summed E-state index contributed by atoms with van der Waals surface area (Å²) in [5, 5.41) is 25.8. The minimum absolute atomic E-state index is 0.164. The zero-order chi connectivity index (χ0) is 21.1. The van der Waals surface area contributed by atoms with Gasteiger partial charge >= 0.3 is 5.97 Å². The maximum absolute atomic E-state index is 12.2. The van der Waals surface area contributed by atoms with Gasteiger partial charge in [0.15, 0.2) is 0 Å². The van der Waals surface area contributed by atoms with Gasteiger partial charge in [-0.2, -0.15) is 11.8 Å². The van der Waals surface area contributed by atoms with E-state index in [1.807, 2.05) is 6.26 Å². The fourth-order valence-corrected chi connectivity index (χ4v) is 2.44. The average Bonchev–Trinajstić information content (AvgIpc) is 2.59. The van der Waals surface area contributed by atoms with Crippen LogP contribution in [-0.4, -0.2) is 76.7 Å². The van der Waals surface area contributed by atoms with Gasteiger partial charge in [0.25, 0.3) is 0 Å². The monoisotopic (exact) mass is 406 g/mol. The predicted octanol–water partition coefficient (Wildman–Crippen LogP) is -1.73. The number of aliphatic hydroxyl groups excluding tert-OH is 1. The van der Waals surface area contributed by atoms with Crippen molar-refractivity contribution >= 4 is 35.5 Å². The fraction of sp³-hybridized carbons (Fsp3) is 0.750. The Kier molecular flexibility index (Phi) is 11.7. The zero-order valence-electron chi connectivity index (χ0n) is 16.0. The molecule has 0 bridgehead atoms. The first-order valence-electron chi connectivity index (χ1n) is 8.54. The van der Waals surface area contributed by atoms with E-state index in [9.17, 15) is 24.3 Å². The molecule has 0 spiro atoms. The summed E-state index contributed by atoms with van der Waals surface area (Å²) in [6, 6.07) is -3.20. The first-order valence-corrected chi connectivity index (χ1v) is 9.93. The third-order valence-corrected chi connectivity index (χ3v) is 4.39. The number of carboxylic acids is 1. The van der Waals surface area contributed by atoms with Crippen LogP contribution in [-0.2, 0) is 19.2 Å². The molecule has 4 unspecified atom stereocenters. The molecule has 0 aromatic heterocycles. The van der Waals surface area contributed by atoms with Crippen LogP contribution in [0.15, 0.2) is 0 Å². The quantitative estimate of drug-likeness (QED) is 0.222. The zero-order valence-corrected chi connectivity index (χ0v) is 16.8. The lowest BCUT2D eigenvalue weighted by molar-refractivity contribution is -0.141. The van der Waals surface area contributed by atoms with E-state index in [2.05, 4.69) is 16.0 Å². The number of rotatable bonds is 12. The number of carbonyl (C=O) groups excluding carboxylic acids is 3. The number of carboxylic acid groups (broad SMARTS) is 1. The van der Waals surface area contributed by atoms with Crippen LogP contribution < -0.4 is 21.7 Å². The first kappa shape index (κ1) is 25.1. The summed E-state index contributed by atoms with van der Waals surface area (Å²) in [7, 11) is 0. The average molecular weight is 407 g/mol. The standard InChI is InChI=1S/C16H30N4O6S/c1-8(2)12(17)14(23)20-13(9(3)21)15(24)18-7-11(22)19-10(16(25)26)5-6-27-4/h8-10,12-13,21H,5-7,17H2,1-4H3,(H,18,24)(H,19,22)(H,20,23)(H,25,26). The lowest BCUT2D eigenvalue weighted by atomic mass is 10.0. The van der Waals surface area contributed by atoms with Crippen LogP contribution in [0.1, 0.15) is 27.2 Å². The number of aliphatic hydroxyl groups is 1. The number of nitrogens with two attached hydrogens (primary N) is 1. The lowest BCUT2D eigenvalue weighted by Gasteiger charge is -2.24. The number of hydrogen-bond acceptors (Lipinski definition) is 7. The molecular weight excluding hydrogens is 376 g/mol. The molecule has 0 aliphatic rings. The molecule has 0 aliphatic carbocycles. The van der Waals surface area contributed by atoms with Crippen molar-refractivity contribution in [2.45, 2.75) is 51.4 Å². The Morgan fingerprint density at radius 3 is 2.11 bits per heavy atom. The van der Waals surface area contributed by atoms with E-state index < -0.39 is 54.5 Å². The highest BCUT2D eigenvalue weighted by Crippen LogP contribution is 2.02. The van der Waals surface area contributed by atoms with Crippen molar-refractivity contribution < 1.29 is 29.4 Å². The Morgan fingerprint density at radius 2 is 1.67 bits per heavy atom. The van der Waals surface area contributed by atoms with Crippen LogP contribution in [0, 0.1) is 5.92 Å². The smallest absolute Gasteiger partial charge is 0.326 e. The summed E-state index contributed by atoms with van der Waals surface area (Å²) in [6.07, 6.45) is 0.844. The van der Waals surface area contributed by atoms with Crippen molar-refractivity contribution in [3.05, 3.63) is 0 Å². The van der Waals surface area contributed by atoms with E-state index in [1.165, 1.54) is 18.7 Å². The van der Waals surface area contributed by atoms with Gasteiger partial charge in [0.1, 0.15) is 12.1 Å². The van der Waals surface area contributed by atoms with Crippen molar-refractivity contribution in [3.63, 3.8) is 0 Å². The maximum atomic E-state index is 12.2. The summed E-state index contributed by atoms with van der Waals surface area (Å²) in [4.78, 5) is 47.2. The van der Waals surface area contributed by atoms with Gasteiger partial charge in [-0.05, 0) is 31.3 Å². The highest BCUT2D eigenvalue weighted by atomic mass is 32.2. The number of carbonyl (C=O) groups is 4. The number of thioether (sulfide) groups is 1. The van der Waals surface area contributed by atoms with Crippen molar-refractivity contribution in [1.29, 1.82) is 0 Å². The molecule has 11 heteroatoms. The lowest BCUT2D eigenvalue weighted by Crippen LogP contribution is -2.57. The molecule has 0 radical (unpaired) electrons. The second kappa shape index (κ2) is 12.5. The molecule has 0 saturated heterocycles. The van der Waals surface area contributed by atoms with Crippen molar-refractivity contribution in [3.8, 4) is 0 Å². The highest BCUT2D eigenvalue weighted by Gasteiger charge is 2.29. The van der Waals surface area contributed by atoms with Gasteiger partial charge in [0, 0.05) is 0 Å². The van der Waals surface area contributed by atoms with Gasteiger partial charge in [-0.1, -0.05) is 13.8 Å². The highest BCUT2D eigenvalue weighted by molar-refractivity contribution is 7.98. The molecule has 27 heavy (non-hydrogen) atoms. The second-order valence-electron chi connectivity index (χ2n) is 6.45. The molecule has 4 atom stereocenters. The Hall–Kier alpha value is -1.85. The topological polar surface area (TPSA) is 171 Å². The van der Waals surface area contributed by atoms with Crippen LogP contribution >= 0.6 is 11.8 Å². The summed E-state index contributed by atoms with van der Waals surface area (Å²) in [5.74, 6) is -2.84. The number of nitrogens with one attached hydrogen (secondary N) is 3. The molecule has 0 heterocycles. The van der Waals surface area contributed by atoms with E-state index in [-0.39, 0.29) is 12.3 Å². The van der Waals surface area contributed by atoms with Crippen molar-refractivity contribution in [2.24, 2.45) is 11.7 Å². The minimum Gasteiger partial charge on any atom is -0.480 e. The van der Waals surface area contributed by atoms with E-state index in [0.717, 1.165) is 0 Å². The number of amides is 3. The molecule has 0 aromatic rings. The van der Waals surface area contributed by atoms with Crippen LogP contribution in [0.2, 0.25) is 0 Å².